The van der Waals surface area contributed by atoms with E-state index >= 15 is 0 Å². The molecule has 0 spiro atoms. The molecule has 1 N–H and O–H groups in total. The second kappa shape index (κ2) is 8.82. The van der Waals surface area contributed by atoms with Crippen molar-refractivity contribution in [3.63, 3.8) is 0 Å². The maximum absolute atomic E-state index is 9.43. The highest BCUT2D eigenvalue weighted by Crippen LogP contribution is 2.26. The van der Waals surface area contributed by atoms with E-state index in [1.165, 1.54) is 5.56 Å². The van der Waals surface area contributed by atoms with Crippen LogP contribution in [-0.4, -0.2) is 20.8 Å². The molecule has 2 rings (SSSR count). The van der Waals surface area contributed by atoms with Crippen LogP contribution in [0.5, 0.6) is 11.5 Å². The van der Waals surface area contributed by atoms with Crippen molar-refractivity contribution in [1.29, 1.82) is 5.26 Å². The van der Waals surface area contributed by atoms with Crippen molar-refractivity contribution in [2.24, 2.45) is 0 Å². The third-order valence-electron chi connectivity index (χ3n) is 3.67. The first-order valence-corrected chi connectivity index (χ1v) is 7.66. The molecule has 1 unspecified atom stereocenters. The minimum absolute atomic E-state index is 0.380. The SMILES string of the molecule is COc1cc(OC)cc(C(C#N)NCCCc2ccccc2)c1. The van der Waals surface area contributed by atoms with Gasteiger partial charge in [-0.15, -0.1) is 0 Å². The van der Waals surface area contributed by atoms with Gasteiger partial charge in [-0.2, -0.15) is 5.26 Å². The summed E-state index contributed by atoms with van der Waals surface area (Å²) in [4.78, 5) is 0. The fourth-order valence-electron chi connectivity index (χ4n) is 2.42. The lowest BCUT2D eigenvalue weighted by Gasteiger charge is -2.14. The van der Waals surface area contributed by atoms with E-state index in [4.69, 9.17) is 9.47 Å². The van der Waals surface area contributed by atoms with Gasteiger partial charge in [0.2, 0.25) is 0 Å². The van der Waals surface area contributed by atoms with Crippen LogP contribution in [0, 0.1) is 11.3 Å². The number of nitrogens with zero attached hydrogens (tertiary/aromatic N) is 1. The predicted octanol–water partition coefficient (Wildman–Crippen LogP) is 3.49. The standard InChI is InChI=1S/C19H22N2O2/c1-22-17-11-16(12-18(13-17)23-2)19(14-20)21-10-6-9-15-7-4-3-5-8-15/h3-5,7-8,11-13,19,21H,6,9-10H2,1-2H3. The Labute approximate surface area is 137 Å². The van der Waals surface area contributed by atoms with E-state index in [1.807, 2.05) is 30.3 Å². The summed E-state index contributed by atoms with van der Waals surface area (Å²) in [5.74, 6) is 1.37. The van der Waals surface area contributed by atoms with Gasteiger partial charge in [-0.3, -0.25) is 5.32 Å². The van der Waals surface area contributed by atoms with Crippen LogP contribution >= 0.6 is 0 Å². The van der Waals surface area contributed by atoms with Crippen molar-refractivity contribution in [1.82, 2.24) is 5.32 Å². The molecule has 0 aliphatic rings. The molecule has 23 heavy (non-hydrogen) atoms. The molecular formula is C19H22N2O2. The molecular weight excluding hydrogens is 288 g/mol. The first-order chi connectivity index (χ1) is 11.3. The van der Waals surface area contributed by atoms with Gasteiger partial charge >= 0.3 is 0 Å². The van der Waals surface area contributed by atoms with Crippen molar-refractivity contribution in [3.8, 4) is 17.6 Å². The maximum Gasteiger partial charge on any atom is 0.122 e. The van der Waals surface area contributed by atoms with Crippen LogP contribution in [0.15, 0.2) is 48.5 Å². The van der Waals surface area contributed by atoms with E-state index in [0.29, 0.717) is 11.5 Å². The minimum atomic E-state index is -0.380. The molecule has 4 nitrogen and oxygen atoms in total. The summed E-state index contributed by atoms with van der Waals surface area (Å²) in [5.41, 5.74) is 2.16. The van der Waals surface area contributed by atoms with Crippen LogP contribution in [0.3, 0.4) is 0 Å². The predicted molar refractivity (Wildman–Crippen MR) is 90.7 cm³/mol. The van der Waals surface area contributed by atoms with Gasteiger partial charge in [-0.1, -0.05) is 30.3 Å². The third-order valence-corrected chi connectivity index (χ3v) is 3.67. The largest absolute Gasteiger partial charge is 0.497 e. The van der Waals surface area contributed by atoms with Gasteiger partial charge in [0.15, 0.2) is 0 Å². The second-order valence-electron chi connectivity index (χ2n) is 5.25. The molecule has 0 bridgehead atoms. The highest BCUT2D eigenvalue weighted by molar-refractivity contribution is 5.41. The zero-order valence-electron chi connectivity index (χ0n) is 13.6. The van der Waals surface area contributed by atoms with Gasteiger partial charge in [0.1, 0.15) is 17.5 Å². The second-order valence-corrected chi connectivity index (χ2v) is 5.25. The molecule has 0 amide bonds. The molecule has 0 saturated heterocycles. The van der Waals surface area contributed by atoms with Crippen molar-refractivity contribution < 1.29 is 9.47 Å². The summed E-state index contributed by atoms with van der Waals surface area (Å²) in [5, 5.41) is 12.7. The van der Waals surface area contributed by atoms with Crippen LogP contribution in [0.25, 0.3) is 0 Å². The van der Waals surface area contributed by atoms with E-state index in [1.54, 1.807) is 20.3 Å². The highest BCUT2D eigenvalue weighted by atomic mass is 16.5. The summed E-state index contributed by atoms with van der Waals surface area (Å²) in [6.45, 7) is 0.770. The van der Waals surface area contributed by atoms with Crippen LogP contribution in [-0.2, 0) is 6.42 Å². The van der Waals surface area contributed by atoms with Crippen molar-refractivity contribution in [3.05, 3.63) is 59.7 Å². The highest BCUT2D eigenvalue weighted by Gasteiger charge is 2.12. The van der Waals surface area contributed by atoms with Crippen molar-refractivity contribution >= 4 is 0 Å². The number of hydrogen-bond acceptors (Lipinski definition) is 4. The molecule has 2 aromatic rings. The van der Waals surface area contributed by atoms with Crippen molar-refractivity contribution in [2.75, 3.05) is 20.8 Å². The number of aryl methyl sites for hydroxylation is 1. The lowest BCUT2D eigenvalue weighted by molar-refractivity contribution is 0.392. The molecule has 4 heteroatoms. The van der Waals surface area contributed by atoms with Gasteiger partial charge in [-0.25, -0.2) is 0 Å². The van der Waals surface area contributed by atoms with Crippen molar-refractivity contribution in [2.45, 2.75) is 18.9 Å². The lowest BCUT2D eigenvalue weighted by atomic mass is 10.1. The number of rotatable bonds is 8. The third kappa shape index (κ3) is 5.01. The van der Waals surface area contributed by atoms with E-state index in [9.17, 15) is 5.26 Å². The first kappa shape index (κ1) is 16.9. The number of benzene rings is 2. The van der Waals surface area contributed by atoms with Crippen LogP contribution < -0.4 is 14.8 Å². The fraction of sp³-hybridized carbons (Fsp3) is 0.316. The Kier molecular flexibility index (Phi) is 6.46. The molecule has 120 valence electrons. The summed E-state index contributed by atoms with van der Waals surface area (Å²) >= 11 is 0. The first-order valence-electron chi connectivity index (χ1n) is 7.66. The molecule has 0 heterocycles. The number of hydrogen-bond donors (Lipinski definition) is 1. The van der Waals surface area contributed by atoms with E-state index < -0.39 is 0 Å². The Morgan fingerprint density at radius 1 is 1.04 bits per heavy atom. The minimum Gasteiger partial charge on any atom is -0.497 e. The molecule has 1 atom stereocenters. The lowest BCUT2D eigenvalue weighted by Crippen LogP contribution is -2.21. The fourth-order valence-corrected chi connectivity index (χ4v) is 2.42. The topological polar surface area (TPSA) is 54.3 Å². The normalized spacial score (nSPS) is 11.5. The van der Waals surface area contributed by atoms with Crippen LogP contribution in [0.4, 0.5) is 0 Å². The van der Waals surface area contributed by atoms with Gasteiger partial charge in [-0.05, 0) is 42.6 Å². The zero-order valence-corrected chi connectivity index (χ0v) is 13.6. The summed E-state index contributed by atoms with van der Waals surface area (Å²) in [7, 11) is 3.21. The summed E-state index contributed by atoms with van der Waals surface area (Å²) in [6, 6.07) is 17.8. The Hall–Kier alpha value is -2.51. The molecule has 0 saturated carbocycles. The van der Waals surface area contributed by atoms with E-state index in [2.05, 4.69) is 23.5 Å². The summed E-state index contributed by atoms with van der Waals surface area (Å²) < 4.78 is 10.5. The van der Waals surface area contributed by atoms with Gasteiger partial charge in [0.25, 0.3) is 0 Å². The molecule has 2 aromatic carbocycles. The Morgan fingerprint density at radius 3 is 2.26 bits per heavy atom. The maximum atomic E-state index is 9.43. The molecule has 0 aromatic heterocycles. The molecule has 0 fully saturated rings. The Morgan fingerprint density at radius 2 is 1.70 bits per heavy atom. The quantitative estimate of drug-likeness (QED) is 0.758. The zero-order chi connectivity index (χ0) is 16.5. The molecule has 0 radical (unpaired) electrons. The average molecular weight is 310 g/mol. The smallest absolute Gasteiger partial charge is 0.122 e. The van der Waals surface area contributed by atoms with Gasteiger partial charge in [0, 0.05) is 6.07 Å². The van der Waals surface area contributed by atoms with Gasteiger partial charge < -0.3 is 9.47 Å². The number of nitriles is 1. The number of methoxy groups -OCH3 is 2. The Bertz CT molecular complexity index is 628. The Balaban J connectivity index is 1.93. The number of nitrogens with one attached hydrogen (secondary N) is 1. The van der Waals surface area contributed by atoms with E-state index in [-0.39, 0.29) is 6.04 Å². The number of ether oxygens (including phenoxy) is 2. The summed E-state index contributed by atoms with van der Waals surface area (Å²) in [6.07, 6.45) is 1.97. The van der Waals surface area contributed by atoms with Gasteiger partial charge in [0.05, 0.1) is 20.3 Å². The molecule has 0 aliphatic carbocycles. The van der Waals surface area contributed by atoms with E-state index in [0.717, 1.165) is 24.9 Å². The van der Waals surface area contributed by atoms with Crippen LogP contribution in [0.1, 0.15) is 23.6 Å². The van der Waals surface area contributed by atoms with Crippen LogP contribution in [0.2, 0.25) is 0 Å². The average Bonchev–Trinajstić information content (AvgIpc) is 2.62. The molecule has 0 aliphatic heterocycles. The monoisotopic (exact) mass is 310 g/mol.